The first kappa shape index (κ1) is 12.9. The van der Waals surface area contributed by atoms with E-state index in [9.17, 15) is 4.79 Å². The van der Waals surface area contributed by atoms with Gasteiger partial charge in [-0.3, -0.25) is 4.79 Å². The van der Waals surface area contributed by atoms with Crippen molar-refractivity contribution in [2.45, 2.75) is 33.1 Å². The molecular weight excluding hydrogens is 224 g/mol. The zero-order valence-electron chi connectivity index (χ0n) is 11.2. The van der Waals surface area contributed by atoms with Crippen LogP contribution in [0.15, 0.2) is 24.3 Å². The van der Waals surface area contributed by atoms with Crippen LogP contribution in [0, 0.1) is 11.8 Å². The van der Waals surface area contributed by atoms with Crippen LogP contribution in [-0.2, 0) is 4.79 Å². The molecular formula is C15H22N2O. The zero-order valence-corrected chi connectivity index (χ0v) is 11.2. The Balaban J connectivity index is 1.86. The van der Waals surface area contributed by atoms with E-state index in [2.05, 4.69) is 24.5 Å². The van der Waals surface area contributed by atoms with Crippen LogP contribution >= 0.6 is 0 Å². The van der Waals surface area contributed by atoms with Crippen molar-refractivity contribution in [3.05, 3.63) is 24.3 Å². The van der Waals surface area contributed by atoms with E-state index in [0.29, 0.717) is 5.92 Å². The van der Waals surface area contributed by atoms with E-state index < -0.39 is 0 Å². The lowest BCUT2D eigenvalue weighted by atomic mass is 10.1. The predicted octanol–water partition coefficient (Wildman–Crippen LogP) is 3.49. The lowest BCUT2D eigenvalue weighted by molar-refractivity contribution is -0.117. The normalized spacial score (nSPS) is 14.6. The first-order chi connectivity index (χ1) is 8.65. The molecule has 0 aliphatic heterocycles. The summed E-state index contributed by atoms with van der Waals surface area (Å²) in [5, 5.41) is 6.35. The molecule has 2 rings (SSSR count). The fourth-order valence-corrected chi connectivity index (χ4v) is 1.80. The topological polar surface area (TPSA) is 41.1 Å². The highest BCUT2D eigenvalue weighted by atomic mass is 16.2. The first-order valence-electron chi connectivity index (χ1n) is 6.80. The molecule has 0 atom stereocenters. The van der Waals surface area contributed by atoms with Gasteiger partial charge in [-0.15, -0.1) is 0 Å². The molecule has 0 spiro atoms. The van der Waals surface area contributed by atoms with Gasteiger partial charge in [0.2, 0.25) is 5.91 Å². The summed E-state index contributed by atoms with van der Waals surface area (Å²) < 4.78 is 0. The molecule has 1 saturated carbocycles. The fraction of sp³-hybridized carbons (Fsp3) is 0.533. The van der Waals surface area contributed by atoms with E-state index in [1.165, 1.54) is 0 Å². The van der Waals surface area contributed by atoms with Crippen LogP contribution in [0.25, 0.3) is 0 Å². The molecule has 1 aliphatic rings. The number of anilines is 2. The molecule has 1 amide bonds. The SMILES string of the molecule is CC(C)CCNc1cccc(NC(=O)C2CC2)c1. The summed E-state index contributed by atoms with van der Waals surface area (Å²) >= 11 is 0. The standard InChI is InChI=1S/C15H22N2O/c1-11(2)8-9-16-13-4-3-5-14(10-13)17-15(18)12-6-7-12/h3-5,10-12,16H,6-9H2,1-2H3,(H,17,18). The Morgan fingerprint density at radius 2 is 2.06 bits per heavy atom. The summed E-state index contributed by atoms with van der Waals surface area (Å²) in [6, 6.07) is 7.95. The van der Waals surface area contributed by atoms with Crippen molar-refractivity contribution in [3.8, 4) is 0 Å². The van der Waals surface area contributed by atoms with Crippen molar-refractivity contribution in [2.24, 2.45) is 11.8 Å². The smallest absolute Gasteiger partial charge is 0.227 e. The molecule has 0 bridgehead atoms. The highest BCUT2D eigenvalue weighted by Gasteiger charge is 2.29. The Labute approximate surface area is 109 Å². The van der Waals surface area contributed by atoms with E-state index >= 15 is 0 Å². The molecule has 1 fully saturated rings. The van der Waals surface area contributed by atoms with Crippen molar-refractivity contribution in [3.63, 3.8) is 0 Å². The molecule has 0 radical (unpaired) electrons. The Morgan fingerprint density at radius 3 is 2.72 bits per heavy atom. The first-order valence-corrected chi connectivity index (χ1v) is 6.80. The largest absolute Gasteiger partial charge is 0.385 e. The van der Waals surface area contributed by atoms with Crippen molar-refractivity contribution in [1.29, 1.82) is 0 Å². The highest BCUT2D eigenvalue weighted by Crippen LogP contribution is 2.30. The number of hydrogen-bond acceptors (Lipinski definition) is 2. The van der Waals surface area contributed by atoms with E-state index in [1.807, 2.05) is 24.3 Å². The van der Waals surface area contributed by atoms with Crippen LogP contribution in [0.5, 0.6) is 0 Å². The number of rotatable bonds is 6. The van der Waals surface area contributed by atoms with Gasteiger partial charge in [-0.05, 0) is 43.4 Å². The van der Waals surface area contributed by atoms with Gasteiger partial charge >= 0.3 is 0 Å². The summed E-state index contributed by atoms with van der Waals surface area (Å²) in [7, 11) is 0. The van der Waals surface area contributed by atoms with Crippen LogP contribution in [0.1, 0.15) is 33.1 Å². The third kappa shape index (κ3) is 4.06. The number of benzene rings is 1. The van der Waals surface area contributed by atoms with Crippen LogP contribution in [-0.4, -0.2) is 12.5 Å². The van der Waals surface area contributed by atoms with Crippen molar-refractivity contribution < 1.29 is 4.79 Å². The molecule has 2 N–H and O–H groups in total. The van der Waals surface area contributed by atoms with E-state index in [-0.39, 0.29) is 11.8 Å². The van der Waals surface area contributed by atoms with Gasteiger partial charge in [-0.1, -0.05) is 19.9 Å². The molecule has 18 heavy (non-hydrogen) atoms. The van der Waals surface area contributed by atoms with Crippen molar-refractivity contribution in [2.75, 3.05) is 17.2 Å². The Bertz CT molecular complexity index is 411. The number of nitrogens with one attached hydrogen (secondary N) is 2. The van der Waals surface area contributed by atoms with Gasteiger partial charge in [0.05, 0.1) is 0 Å². The van der Waals surface area contributed by atoms with Gasteiger partial charge in [-0.2, -0.15) is 0 Å². The van der Waals surface area contributed by atoms with Crippen LogP contribution in [0.3, 0.4) is 0 Å². The van der Waals surface area contributed by atoms with Gasteiger partial charge in [0.15, 0.2) is 0 Å². The third-order valence-corrected chi connectivity index (χ3v) is 3.13. The summed E-state index contributed by atoms with van der Waals surface area (Å²) in [6.45, 7) is 5.40. The summed E-state index contributed by atoms with van der Waals surface area (Å²) in [6.07, 6.45) is 3.23. The highest BCUT2D eigenvalue weighted by molar-refractivity contribution is 5.94. The molecule has 3 heteroatoms. The van der Waals surface area contributed by atoms with E-state index in [0.717, 1.165) is 37.2 Å². The van der Waals surface area contributed by atoms with E-state index in [4.69, 9.17) is 0 Å². The lowest BCUT2D eigenvalue weighted by Crippen LogP contribution is -2.13. The van der Waals surface area contributed by atoms with Crippen molar-refractivity contribution >= 4 is 17.3 Å². The molecule has 0 unspecified atom stereocenters. The fourth-order valence-electron chi connectivity index (χ4n) is 1.80. The Morgan fingerprint density at radius 1 is 1.33 bits per heavy atom. The maximum absolute atomic E-state index is 11.7. The van der Waals surface area contributed by atoms with Gasteiger partial charge in [0.25, 0.3) is 0 Å². The molecule has 0 heterocycles. The Kier molecular flexibility index (Phi) is 4.24. The molecule has 1 aliphatic carbocycles. The summed E-state index contributed by atoms with van der Waals surface area (Å²) in [4.78, 5) is 11.7. The Hall–Kier alpha value is -1.51. The lowest BCUT2D eigenvalue weighted by Gasteiger charge is -2.10. The summed E-state index contributed by atoms with van der Waals surface area (Å²) in [5.74, 6) is 1.12. The summed E-state index contributed by atoms with van der Waals surface area (Å²) in [5.41, 5.74) is 1.96. The minimum Gasteiger partial charge on any atom is -0.385 e. The number of hydrogen-bond donors (Lipinski definition) is 2. The van der Waals surface area contributed by atoms with Crippen LogP contribution < -0.4 is 10.6 Å². The molecule has 1 aromatic carbocycles. The van der Waals surface area contributed by atoms with Gasteiger partial charge in [0, 0.05) is 23.8 Å². The second kappa shape index (κ2) is 5.89. The predicted molar refractivity (Wildman–Crippen MR) is 75.7 cm³/mol. The maximum Gasteiger partial charge on any atom is 0.227 e. The van der Waals surface area contributed by atoms with Crippen LogP contribution in [0.4, 0.5) is 11.4 Å². The molecule has 3 nitrogen and oxygen atoms in total. The molecule has 1 aromatic rings. The zero-order chi connectivity index (χ0) is 13.0. The van der Waals surface area contributed by atoms with Crippen LogP contribution in [0.2, 0.25) is 0 Å². The van der Waals surface area contributed by atoms with Crippen molar-refractivity contribution in [1.82, 2.24) is 0 Å². The minimum absolute atomic E-state index is 0.161. The quantitative estimate of drug-likeness (QED) is 0.806. The minimum atomic E-state index is 0.161. The average Bonchev–Trinajstić information content (AvgIpc) is 3.12. The number of carbonyl (C=O) groups is 1. The maximum atomic E-state index is 11.7. The molecule has 0 saturated heterocycles. The monoisotopic (exact) mass is 246 g/mol. The molecule has 0 aromatic heterocycles. The van der Waals surface area contributed by atoms with E-state index in [1.54, 1.807) is 0 Å². The second-order valence-corrected chi connectivity index (χ2v) is 5.45. The van der Waals surface area contributed by atoms with Gasteiger partial charge in [-0.25, -0.2) is 0 Å². The second-order valence-electron chi connectivity index (χ2n) is 5.45. The van der Waals surface area contributed by atoms with Gasteiger partial charge in [0.1, 0.15) is 0 Å². The third-order valence-electron chi connectivity index (χ3n) is 3.13. The number of carbonyl (C=O) groups excluding carboxylic acids is 1. The number of amides is 1. The average molecular weight is 246 g/mol. The molecule has 98 valence electrons. The van der Waals surface area contributed by atoms with Gasteiger partial charge < -0.3 is 10.6 Å².